The van der Waals surface area contributed by atoms with Crippen molar-refractivity contribution < 1.29 is 0 Å². The lowest BCUT2D eigenvalue weighted by Gasteiger charge is -2.27. The summed E-state index contributed by atoms with van der Waals surface area (Å²) in [5, 5.41) is 3.05. The molecule has 154 valence electrons. The molecular weight excluding hydrogens is 400 g/mol. The van der Waals surface area contributed by atoms with E-state index in [9.17, 15) is 0 Å². The number of hydrogen-bond donors (Lipinski definition) is 2. The minimum Gasteiger partial charge on any atom is -0.357 e. The Bertz CT molecular complexity index is 1200. The number of aromatic nitrogens is 2. The Labute approximate surface area is 187 Å². The average Bonchev–Trinajstić information content (AvgIpc) is 2.83. The number of anilines is 2. The number of benzene rings is 3. The molecule has 0 amide bonds. The first kappa shape index (κ1) is 19.6. The third-order valence-electron chi connectivity index (χ3n) is 5.72. The van der Waals surface area contributed by atoms with E-state index in [0.717, 1.165) is 17.8 Å². The first-order valence-corrected chi connectivity index (χ1v) is 11.3. The second-order valence-electron chi connectivity index (χ2n) is 7.80. The molecule has 1 aliphatic rings. The van der Waals surface area contributed by atoms with E-state index in [-0.39, 0.29) is 0 Å². The standard InChI is InChI=1S/C26H24N4S/c1-17-7-13-21(14-8-17)31-30-20-11-9-18(10-12-20)24-15-19-16-28-26(27-2)29-25(19)23-6-4-3-5-22(23)24/h3-14,16,24,30H,15H2,1-2H3,(H,27,28,29). The van der Waals surface area contributed by atoms with Crippen LogP contribution in [0, 0.1) is 6.92 Å². The van der Waals surface area contributed by atoms with Crippen LogP contribution in [0.4, 0.5) is 11.6 Å². The highest BCUT2D eigenvalue weighted by molar-refractivity contribution is 8.00. The lowest BCUT2D eigenvalue weighted by atomic mass is 9.78. The van der Waals surface area contributed by atoms with E-state index in [1.54, 1.807) is 11.9 Å². The molecule has 0 radical (unpaired) electrons. The van der Waals surface area contributed by atoms with Gasteiger partial charge < -0.3 is 10.0 Å². The Morgan fingerprint density at radius 3 is 2.48 bits per heavy atom. The number of nitrogens with one attached hydrogen (secondary N) is 2. The second-order valence-corrected chi connectivity index (χ2v) is 8.68. The van der Waals surface area contributed by atoms with Crippen LogP contribution in [0.5, 0.6) is 0 Å². The molecule has 3 aromatic carbocycles. The van der Waals surface area contributed by atoms with E-state index >= 15 is 0 Å². The molecule has 0 saturated carbocycles. The Hall–Kier alpha value is -3.31. The molecule has 1 aromatic heterocycles. The van der Waals surface area contributed by atoms with Crippen molar-refractivity contribution in [3.05, 3.63) is 101 Å². The van der Waals surface area contributed by atoms with Crippen LogP contribution in [0.2, 0.25) is 0 Å². The molecular formula is C26H24N4S. The topological polar surface area (TPSA) is 49.8 Å². The van der Waals surface area contributed by atoms with E-state index < -0.39 is 0 Å². The van der Waals surface area contributed by atoms with Crippen LogP contribution in [0.15, 0.2) is 83.9 Å². The summed E-state index contributed by atoms with van der Waals surface area (Å²) in [4.78, 5) is 10.4. The van der Waals surface area contributed by atoms with E-state index in [2.05, 4.69) is 94.7 Å². The Balaban J connectivity index is 1.39. The summed E-state index contributed by atoms with van der Waals surface area (Å²) >= 11 is 1.63. The molecule has 0 fully saturated rings. The van der Waals surface area contributed by atoms with Crippen LogP contribution >= 0.6 is 11.9 Å². The summed E-state index contributed by atoms with van der Waals surface area (Å²) in [6.45, 7) is 2.11. The monoisotopic (exact) mass is 424 g/mol. The molecule has 1 heterocycles. The van der Waals surface area contributed by atoms with E-state index in [1.807, 2.05) is 13.2 Å². The predicted octanol–water partition coefficient (Wildman–Crippen LogP) is 6.30. The molecule has 0 saturated heterocycles. The zero-order valence-corrected chi connectivity index (χ0v) is 18.4. The molecule has 1 unspecified atom stereocenters. The quantitative estimate of drug-likeness (QED) is 0.368. The van der Waals surface area contributed by atoms with Gasteiger partial charge in [0.05, 0.1) is 5.69 Å². The smallest absolute Gasteiger partial charge is 0.222 e. The molecule has 0 aliphatic heterocycles. The third kappa shape index (κ3) is 4.01. The fourth-order valence-corrected chi connectivity index (χ4v) is 4.71. The largest absolute Gasteiger partial charge is 0.357 e. The molecule has 0 spiro atoms. The van der Waals surface area contributed by atoms with Gasteiger partial charge in [-0.05, 0) is 66.2 Å². The van der Waals surface area contributed by atoms with Crippen LogP contribution in [0.3, 0.4) is 0 Å². The maximum absolute atomic E-state index is 4.74. The average molecular weight is 425 g/mol. The molecule has 4 aromatic rings. The zero-order chi connectivity index (χ0) is 21.2. The van der Waals surface area contributed by atoms with E-state index in [1.165, 1.54) is 32.7 Å². The first-order chi connectivity index (χ1) is 15.2. The zero-order valence-electron chi connectivity index (χ0n) is 17.6. The van der Waals surface area contributed by atoms with Crippen molar-refractivity contribution in [2.24, 2.45) is 0 Å². The Morgan fingerprint density at radius 2 is 1.71 bits per heavy atom. The summed E-state index contributed by atoms with van der Waals surface area (Å²) < 4.78 is 3.45. The van der Waals surface area contributed by atoms with Gasteiger partial charge in [-0.1, -0.05) is 54.1 Å². The van der Waals surface area contributed by atoms with Crippen molar-refractivity contribution in [3.8, 4) is 11.3 Å². The molecule has 5 heteroatoms. The SMILES string of the molecule is CNc1ncc2c(n1)-c1ccccc1C(c1ccc(NSc3ccc(C)cc3)cc1)C2. The van der Waals surface area contributed by atoms with E-state index in [4.69, 9.17) is 4.98 Å². The Morgan fingerprint density at radius 1 is 0.935 bits per heavy atom. The second kappa shape index (κ2) is 8.44. The summed E-state index contributed by atoms with van der Waals surface area (Å²) in [7, 11) is 1.85. The van der Waals surface area contributed by atoms with Gasteiger partial charge in [-0.15, -0.1) is 0 Å². The molecule has 4 nitrogen and oxygen atoms in total. The molecule has 1 aliphatic carbocycles. The van der Waals surface area contributed by atoms with Crippen LogP contribution < -0.4 is 10.0 Å². The Kier molecular flexibility index (Phi) is 5.35. The lowest BCUT2D eigenvalue weighted by Crippen LogP contribution is -2.15. The van der Waals surface area contributed by atoms with Gasteiger partial charge in [0.15, 0.2) is 0 Å². The summed E-state index contributed by atoms with van der Waals surface area (Å²) in [5.41, 5.74) is 8.44. The number of aryl methyl sites for hydroxylation is 1. The molecule has 1 atom stereocenters. The third-order valence-corrected chi connectivity index (χ3v) is 6.57. The van der Waals surface area contributed by atoms with Crippen LogP contribution in [-0.2, 0) is 6.42 Å². The lowest BCUT2D eigenvalue weighted by molar-refractivity contribution is 0.782. The van der Waals surface area contributed by atoms with Crippen LogP contribution in [0.25, 0.3) is 11.3 Å². The van der Waals surface area contributed by atoms with Gasteiger partial charge in [0.2, 0.25) is 5.95 Å². The number of rotatable bonds is 5. The molecule has 5 rings (SSSR count). The predicted molar refractivity (Wildman–Crippen MR) is 130 cm³/mol. The highest BCUT2D eigenvalue weighted by Crippen LogP contribution is 2.42. The van der Waals surface area contributed by atoms with E-state index in [0.29, 0.717) is 11.9 Å². The van der Waals surface area contributed by atoms with Gasteiger partial charge in [-0.3, -0.25) is 0 Å². The maximum Gasteiger partial charge on any atom is 0.222 e. The van der Waals surface area contributed by atoms with Gasteiger partial charge in [-0.2, -0.15) is 0 Å². The first-order valence-electron chi connectivity index (χ1n) is 10.4. The van der Waals surface area contributed by atoms with Gasteiger partial charge in [0.1, 0.15) is 0 Å². The minimum absolute atomic E-state index is 0.298. The van der Waals surface area contributed by atoms with Crippen molar-refractivity contribution in [3.63, 3.8) is 0 Å². The van der Waals surface area contributed by atoms with Crippen molar-refractivity contribution >= 4 is 23.6 Å². The fourth-order valence-electron chi connectivity index (χ4n) is 4.06. The van der Waals surface area contributed by atoms with Crippen molar-refractivity contribution in [2.75, 3.05) is 17.1 Å². The fraction of sp³-hybridized carbons (Fsp3) is 0.154. The van der Waals surface area contributed by atoms with Crippen molar-refractivity contribution in [2.45, 2.75) is 24.2 Å². The number of nitrogens with zero attached hydrogens (tertiary/aromatic N) is 2. The minimum atomic E-state index is 0.298. The number of hydrogen-bond acceptors (Lipinski definition) is 5. The normalized spacial score (nSPS) is 14.5. The van der Waals surface area contributed by atoms with Crippen molar-refractivity contribution in [1.82, 2.24) is 9.97 Å². The van der Waals surface area contributed by atoms with Gasteiger partial charge >= 0.3 is 0 Å². The molecule has 2 N–H and O–H groups in total. The van der Waals surface area contributed by atoms with Gasteiger partial charge in [0, 0.05) is 35.3 Å². The number of fused-ring (bicyclic) bond motifs is 3. The van der Waals surface area contributed by atoms with Crippen LogP contribution in [0.1, 0.15) is 28.2 Å². The highest BCUT2D eigenvalue weighted by Gasteiger charge is 2.27. The summed E-state index contributed by atoms with van der Waals surface area (Å²) in [5.74, 6) is 0.958. The summed E-state index contributed by atoms with van der Waals surface area (Å²) in [6.07, 6.45) is 2.87. The van der Waals surface area contributed by atoms with Gasteiger partial charge in [0.25, 0.3) is 0 Å². The van der Waals surface area contributed by atoms with Crippen LogP contribution in [-0.4, -0.2) is 17.0 Å². The van der Waals surface area contributed by atoms with Gasteiger partial charge in [-0.25, -0.2) is 9.97 Å². The maximum atomic E-state index is 4.74. The highest BCUT2D eigenvalue weighted by atomic mass is 32.2. The summed E-state index contributed by atoms with van der Waals surface area (Å²) in [6, 6.07) is 25.9. The molecule has 31 heavy (non-hydrogen) atoms. The van der Waals surface area contributed by atoms with Crippen molar-refractivity contribution in [1.29, 1.82) is 0 Å². The molecule has 0 bridgehead atoms.